The molecule has 150 valence electrons. The lowest BCUT2D eigenvalue weighted by Crippen LogP contribution is -2.57. The van der Waals surface area contributed by atoms with Crippen molar-refractivity contribution in [3.63, 3.8) is 0 Å². The van der Waals surface area contributed by atoms with Crippen LogP contribution in [0.1, 0.15) is 41.0 Å². The second-order valence-electron chi connectivity index (χ2n) is 7.34. The maximum absolute atomic E-state index is 12.8. The Labute approximate surface area is 168 Å². The Kier molecular flexibility index (Phi) is 6.05. The summed E-state index contributed by atoms with van der Waals surface area (Å²) >= 11 is 6.13. The van der Waals surface area contributed by atoms with E-state index in [-0.39, 0.29) is 36.6 Å². The van der Waals surface area contributed by atoms with Crippen LogP contribution in [0.15, 0.2) is 30.3 Å². The summed E-state index contributed by atoms with van der Waals surface area (Å²) in [5.74, 6) is -1.51. The fourth-order valence-corrected chi connectivity index (χ4v) is 3.94. The molecule has 2 atom stereocenters. The minimum absolute atomic E-state index is 0.0701. The molecule has 0 bridgehead atoms. The predicted molar refractivity (Wildman–Crippen MR) is 104 cm³/mol. The Hall–Kier alpha value is -2.38. The van der Waals surface area contributed by atoms with Crippen molar-refractivity contribution >= 4 is 23.5 Å². The number of H-pyrrole nitrogens is 1. The Balaban J connectivity index is 1.76. The molecule has 1 saturated heterocycles. The van der Waals surface area contributed by atoms with Crippen molar-refractivity contribution in [2.24, 2.45) is 5.41 Å². The standard InChI is InChI=1S/C20H24ClN3O4/c1-13-16(21)17(23-22-13)18(26)24-11-9-15(25)20(12-24,19(27)28)10-5-8-14-6-3-2-4-7-14/h2-4,6-7,15,25H,5,8-12H2,1H3,(H,22,23)(H,27,28)/t15-,20-/m1/s1. The van der Waals surface area contributed by atoms with Crippen molar-refractivity contribution in [3.8, 4) is 0 Å². The Bertz CT molecular complexity index is 854. The second kappa shape index (κ2) is 8.32. The highest BCUT2D eigenvalue weighted by Gasteiger charge is 2.50. The van der Waals surface area contributed by atoms with Crippen molar-refractivity contribution in [1.29, 1.82) is 0 Å². The summed E-state index contributed by atoms with van der Waals surface area (Å²) in [6.07, 6.45) is 0.764. The number of piperidine rings is 1. The summed E-state index contributed by atoms with van der Waals surface area (Å²) in [4.78, 5) is 26.4. The van der Waals surface area contributed by atoms with Crippen molar-refractivity contribution in [2.45, 2.75) is 38.7 Å². The molecule has 1 aromatic heterocycles. The summed E-state index contributed by atoms with van der Waals surface area (Å²) in [6, 6.07) is 9.78. The van der Waals surface area contributed by atoms with E-state index in [0.29, 0.717) is 18.5 Å². The quantitative estimate of drug-likeness (QED) is 0.685. The minimum atomic E-state index is -1.40. The zero-order chi connectivity index (χ0) is 20.3. The molecule has 0 unspecified atom stereocenters. The first kappa shape index (κ1) is 20.4. The highest BCUT2D eigenvalue weighted by molar-refractivity contribution is 6.34. The summed E-state index contributed by atoms with van der Waals surface area (Å²) < 4.78 is 0. The Morgan fingerprint density at radius 1 is 1.36 bits per heavy atom. The number of carbonyl (C=O) groups is 2. The molecule has 1 amide bonds. The molecule has 1 fully saturated rings. The van der Waals surface area contributed by atoms with E-state index >= 15 is 0 Å². The number of hydrogen-bond donors (Lipinski definition) is 3. The summed E-state index contributed by atoms with van der Waals surface area (Å²) in [5.41, 5.74) is 0.370. The molecule has 2 aromatic rings. The molecule has 1 aliphatic heterocycles. The summed E-state index contributed by atoms with van der Waals surface area (Å²) in [5, 5.41) is 27.3. The monoisotopic (exact) mass is 405 g/mol. The fourth-order valence-electron chi connectivity index (χ4n) is 3.78. The molecule has 1 aromatic carbocycles. The van der Waals surface area contributed by atoms with Crippen LogP contribution in [0.25, 0.3) is 0 Å². The van der Waals surface area contributed by atoms with Crippen LogP contribution in [0.3, 0.4) is 0 Å². The van der Waals surface area contributed by atoms with Gasteiger partial charge in [-0.15, -0.1) is 0 Å². The number of nitrogens with zero attached hydrogens (tertiary/aromatic N) is 2. The van der Waals surface area contributed by atoms with Gasteiger partial charge in [0.2, 0.25) is 0 Å². The number of aliphatic hydroxyl groups excluding tert-OH is 1. The molecule has 3 N–H and O–H groups in total. The SMILES string of the molecule is Cc1[nH]nc(C(=O)N2CC[C@@H](O)[C@](CCCc3ccccc3)(C(=O)O)C2)c1Cl. The van der Waals surface area contributed by atoms with Crippen LogP contribution in [0.4, 0.5) is 0 Å². The van der Waals surface area contributed by atoms with E-state index in [4.69, 9.17) is 11.6 Å². The lowest BCUT2D eigenvalue weighted by Gasteiger charge is -2.43. The molecule has 0 spiro atoms. The number of aliphatic carboxylic acids is 1. The van der Waals surface area contributed by atoms with E-state index in [1.54, 1.807) is 6.92 Å². The van der Waals surface area contributed by atoms with Crippen molar-refractivity contribution in [2.75, 3.05) is 13.1 Å². The summed E-state index contributed by atoms with van der Waals surface area (Å²) in [7, 11) is 0. The number of benzene rings is 1. The van der Waals surface area contributed by atoms with Crippen LogP contribution in [-0.4, -0.2) is 56.4 Å². The van der Waals surface area contributed by atoms with Gasteiger partial charge in [0.05, 0.1) is 16.8 Å². The van der Waals surface area contributed by atoms with E-state index in [1.807, 2.05) is 30.3 Å². The molecule has 3 rings (SSSR count). The molecule has 2 heterocycles. The van der Waals surface area contributed by atoms with Gasteiger partial charge in [-0.25, -0.2) is 0 Å². The number of aliphatic hydroxyl groups is 1. The maximum Gasteiger partial charge on any atom is 0.314 e. The molecule has 8 heteroatoms. The first-order valence-corrected chi connectivity index (χ1v) is 9.68. The topological polar surface area (TPSA) is 107 Å². The van der Waals surface area contributed by atoms with Crippen molar-refractivity contribution in [1.82, 2.24) is 15.1 Å². The van der Waals surface area contributed by atoms with Crippen LogP contribution >= 0.6 is 11.6 Å². The Morgan fingerprint density at radius 2 is 2.07 bits per heavy atom. The van der Waals surface area contributed by atoms with Crippen LogP contribution < -0.4 is 0 Å². The highest BCUT2D eigenvalue weighted by Crippen LogP contribution is 2.37. The zero-order valence-corrected chi connectivity index (χ0v) is 16.4. The van der Waals surface area contributed by atoms with E-state index in [2.05, 4.69) is 10.2 Å². The van der Waals surface area contributed by atoms with Gasteiger partial charge in [-0.05, 0) is 38.2 Å². The average Bonchev–Trinajstić information content (AvgIpc) is 3.02. The predicted octanol–water partition coefficient (Wildman–Crippen LogP) is 2.67. The number of carboxylic acid groups (broad SMARTS) is 1. The third kappa shape index (κ3) is 3.91. The van der Waals surface area contributed by atoms with E-state index in [9.17, 15) is 19.8 Å². The summed E-state index contributed by atoms with van der Waals surface area (Å²) in [6.45, 7) is 1.90. The number of nitrogens with one attached hydrogen (secondary N) is 1. The van der Waals surface area contributed by atoms with Gasteiger partial charge in [-0.1, -0.05) is 41.9 Å². The largest absolute Gasteiger partial charge is 0.481 e. The molecular weight excluding hydrogens is 382 g/mol. The maximum atomic E-state index is 12.8. The van der Waals surface area contributed by atoms with Crippen LogP contribution in [0.5, 0.6) is 0 Å². The number of halogens is 1. The number of carboxylic acids is 1. The molecular formula is C20H24ClN3O4. The van der Waals surface area contributed by atoms with Crippen LogP contribution in [-0.2, 0) is 11.2 Å². The van der Waals surface area contributed by atoms with Crippen molar-refractivity contribution in [3.05, 3.63) is 52.3 Å². The number of carbonyl (C=O) groups excluding carboxylic acids is 1. The average molecular weight is 406 g/mol. The normalized spacial score (nSPS) is 22.2. The number of aryl methyl sites for hydroxylation is 2. The number of likely N-dealkylation sites (tertiary alicyclic amines) is 1. The van der Waals surface area contributed by atoms with Gasteiger partial charge in [-0.3, -0.25) is 14.7 Å². The second-order valence-corrected chi connectivity index (χ2v) is 7.72. The first-order valence-electron chi connectivity index (χ1n) is 9.30. The number of rotatable bonds is 6. The molecule has 0 aliphatic carbocycles. The lowest BCUT2D eigenvalue weighted by atomic mass is 9.73. The van der Waals surface area contributed by atoms with E-state index < -0.39 is 23.4 Å². The lowest BCUT2D eigenvalue weighted by molar-refractivity contribution is -0.162. The van der Waals surface area contributed by atoms with Gasteiger partial charge < -0.3 is 15.1 Å². The Morgan fingerprint density at radius 3 is 2.68 bits per heavy atom. The fraction of sp³-hybridized carbons (Fsp3) is 0.450. The van der Waals surface area contributed by atoms with Crippen LogP contribution in [0.2, 0.25) is 5.02 Å². The number of aromatic nitrogens is 2. The third-order valence-corrected chi connectivity index (χ3v) is 5.97. The molecule has 1 aliphatic rings. The smallest absolute Gasteiger partial charge is 0.314 e. The van der Waals surface area contributed by atoms with Gasteiger partial charge >= 0.3 is 5.97 Å². The third-order valence-electron chi connectivity index (χ3n) is 5.50. The molecule has 28 heavy (non-hydrogen) atoms. The van der Waals surface area contributed by atoms with Gasteiger partial charge in [0, 0.05) is 13.1 Å². The van der Waals surface area contributed by atoms with E-state index in [0.717, 1.165) is 5.56 Å². The number of aromatic amines is 1. The van der Waals surface area contributed by atoms with Crippen LogP contribution in [0, 0.1) is 12.3 Å². The highest BCUT2D eigenvalue weighted by atomic mass is 35.5. The molecule has 0 saturated carbocycles. The van der Waals surface area contributed by atoms with Gasteiger partial charge in [-0.2, -0.15) is 5.10 Å². The zero-order valence-electron chi connectivity index (χ0n) is 15.7. The number of amides is 1. The van der Waals surface area contributed by atoms with Gasteiger partial charge in [0.1, 0.15) is 5.41 Å². The minimum Gasteiger partial charge on any atom is -0.481 e. The van der Waals surface area contributed by atoms with Gasteiger partial charge in [0.15, 0.2) is 5.69 Å². The van der Waals surface area contributed by atoms with Crippen molar-refractivity contribution < 1.29 is 19.8 Å². The molecule has 7 nitrogen and oxygen atoms in total. The number of hydrogen-bond acceptors (Lipinski definition) is 4. The van der Waals surface area contributed by atoms with E-state index in [1.165, 1.54) is 4.90 Å². The van der Waals surface area contributed by atoms with Gasteiger partial charge in [0.25, 0.3) is 5.91 Å². The molecule has 0 radical (unpaired) electrons. The first-order chi connectivity index (χ1) is 13.3.